The van der Waals surface area contributed by atoms with E-state index in [1.54, 1.807) is 7.05 Å². The molecule has 1 rings (SSSR count). The molecule has 0 aliphatic carbocycles. The second-order valence-corrected chi connectivity index (χ2v) is 4.22. The van der Waals surface area contributed by atoms with Gasteiger partial charge in [-0.1, -0.05) is 13.3 Å². The average molecular weight is 239 g/mol. The molecular weight excluding hydrogens is 221 g/mol. The third-order valence-corrected chi connectivity index (χ3v) is 2.87. The van der Waals surface area contributed by atoms with Gasteiger partial charge in [-0.2, -0.15) is 0 Å². The first kappa shape index (κ1) is 13.5. The van der Waals surface area contributed by atoms with Gasteiger partial charge in [-0.25, -0.2) is 4.39 Å². The maximum atomic E-state index is 13.5. The van der Waals surface area contributed by atoms with E-state index in [0.717, 1.165) is 18.9 Å². The van der Waals surface area contributed by atoms with E-state index >= 15 is 0 Å². The predicted octanol–water partition coefficient (Wildman–Crippen LogP) is 2.79. The lowest BCUT2D eigenvalue weighted by Crippen LogP contribution is -2.35. The molecule has 0 aromatic heterocycles. The third kappa shape index (κ3) is 3.19. The van der Waals surface area contributed by atoms with Crippen LogP contribution in [0.1, 0.15) is 37.0 Å². The van der Waals surface area contributed by atoms with Gasteiger partial charge in [-0.3, -0.25) is 4.79 Å². The van der Waals surface area contributed by atoms with Gasteiger partial charge in [0.25, 0.3) is 5.91 Å². The van der Waals surface area contributed by atoms with E-state index in [2.05, 4.69) is 0 Å². The van der Waals surface area contributed by atoms with Crippen LogP contribution in [-0.4, -0.2) is 29.0 Å². The average Bonchev–Trinajstić information content (AvgIpc) is 2.27. The fourth-order valence-electron chi connectivity index (χ4n) is 1.68. The Hall–Kier alpha value is -1.58. The van der Waals surface area contributed by atoms with Crippen LogP contribution >= 0.6 is 0 Å². The van der Waals surface area contributed by atoms with Crippen molar-refractivity contribution < 1.29 is 14.3 Å². The van der Waals surface area contributed by atoms with Crippen molar-refractivity contribution in [3.05, 3.63) is 29.6 Å². The summed E-state index contributed by atoms with van der Waals surface area (Å²) in [5, 5.41) is 9.09. The van der Waals surface area contributed by atoms with Crippen molar-refractivity contribution in [3.63, 3.8) is 0 Å². The first-order valence-corrected chi connectivity index (χ1v) is 5.73. The van der Waals surface area contributed by atoms with E-state index in [0.29, 0.717) is 0 Å². The van der Waals surface area contributed by atoms with Gasteiger partial charge in [0.05, 0.1) is 5.56 Å². The lowest BCUT2D eigenvalue weighted by Gasteiger charge is -2.24. The van der Waals surface area contributed by atoms with E-state index in [1.807, 2.05) is 13.8 Å². The summed E-state index contributed by atoms with van der Waals surface area (Å²) in [6.07, 6.45) is 1.85. The minimum atomic E-state index is -0.689. The Kier molecular flexibility index (Phi) is 4.49. The van der Waals surface area contributed by atoms with Crippen LogP contribution in [-0.2, 0) is 0 Å². The predicted molar refractivity (Wildman–Crippen MR) is 64.5 cm³/mol. The molecule has 0 spiro atoms. The Bertz CT molecular complexity index is 406. The molecule has 1 aromatic carbocycles. The van der Waals surface area contributed by atoms with Crippen LogP contribution < -0.4 is 0 Å². The zero-order valence-electron chi connectivity index (χ0n) is 10.4. The summed E-state index contributed by atoms with van der Waals surface area (Å²) >= 11 is 0. The number of aromatic hydroxyl groups is 1. The summed E-state index contributed by atoms with van der Waals surface area (Å²) in [5.41, 5.74) is -0.00625. The highest BCUT2D eigenvalue weighted by Gasteiger charge is 2.20. The molecule has 3 nitrogen and oxygen atoms in total. The van der Waals surface area contributed by atoms with Crippen LogP contribution in [0, 0.1) is 5.82 Å². The number of hydrogen-bond acceptors (Lipinski definition) is 2. The molecule has 0 radical (unpaired) electrons. The Morgan fingerprint density at radius 2 is 2.18 bits per heavy atom. The number of phenolic OH excluding ortho intramolecular Hbond substituents is 1. The minimum Gasteiger partial charge on any atom is -0.508 e. The van der Waals surface area contributed by atoms with Gasteiger partial charge in [0.1, 0.15) is 11.6 Å². The fourth-order valence-corrected chi connectivity index (χ4v) is 1.68. The van der Waals surface area contributed by atoms with Crippen LogP contribution in [0.5, 0.6) is 5.75 Å². The molecule has 0 saturated heterocycles. The van der Waals surface area contributed by atoms with Gasteiger partial charge >= 0.3 is 0 Å². The number of carbonyl (C=O) groups excluding carboxylic acids is 1. The summed E-state index contributed by atoms with van der Waals surface area (Å²) in [6.45, 7) is 3.97. The molecule has 0 aliphatic heterocycles. The summed E-state index contributed by atoms with van der Waals surface area (Å²) < 4.78 is 13.5. The molecule has 1 aromatic rings. The normalized spacial score (nSPS) is 12.2. The Morgan fingerprint density at radius 1 is 1.53 bits per heavy atom. The summed E-state index contributed by atoms with van der Waals surface area (Å²) in [4.78, 5) is 13.5. The zero-order chi connectivity index (χ0) is 13.0. The standard InChI is InChI=1S/C13H18FNO2/c1-4-5-9(2)15(3)13(17)11-7-6-10(16)8-12(11)14/h6-9,16H,4-5H2,1-3H3. The fraction of sp³-hybridized carbons (Fsp3) is 0.462. The van der Waals surface area contributed by atoms with Gasteiger partial charge in [0, 0.05) is 19.2 Å². The second-order valence-electron chi connectivity index (χ2n) is 4.22. The van der Waals surface area contributed by atoms with Crippen molar-refractivity contribution in [3.8, 4) is 5.75 Å². The van der Waals surface area contributed by atoms with Crippen LogP contribution in [0.25, 0.3) is 0 Å². The van der Waals surface area contributed by atoms with Crippen molar-refractivity contribution in [2.75, 3.05) is 7.05 Å². The molecule has 1 N–H and O–H groups in total. The highest BCUT2D eigenvalue weighted by Crippen LogP contribution is 2.17. The van der Waals surface area contributed by atoms with Crippen molar-refractivity contribution in [1.82, 2.24) is 4.90 Å². The van der Waals surface area contributed by atoms with Crippen molar-refractivity contribution >= 4 is 5.91 Å². The number of carbonyl (C=O) groups is 1. The molecule has 0 aliphatic rings. The lowest BCUT2D eigenvalue weighted by atomic mass is 10.1. The molecular formula is C13H18FNO2. The first-order chi connectivity index (χ1) is 7.97. The van der Waals surface area contributed by atoms with Gasteiger partial charge in [-0.15, -0.1) is 0 Å². The highest BCUT2D eigenvalue weighted by atomic mass is 19.1. The SMILES string of the molecule is CCCC(C)N(C)C(=O)c1ccc(O)cc1F. The Labute approximate surface area is 101 Å². The van der Waals surface area contributed by atoms with Gasteiger partial charge < -0.3 is 10.0 Å². The molecule has 4 heteroatoms. The Morgan fingerprint density at radius 3 is 2.71 bits per heavy atom. The van der Waals surface area contributed by atoms with E-state index in [4.69, 9.17) is 5.11 Å². The van der Waals surface area contributed by atoms with Crippen LogP contribution in [0.15, 0.2) is 18.2 Å². The van der Waals surface area contributed by atoms with Crippen molar-refractivity contribution in [1.29, 1.82) is 0 Å². The van der Waals surface area contributed by atoms with Crippen LogP contribution in [0.4, 0.5) is 4.39 Å². The van der Waals surface area contributed by atoms with Gasteiger partial charge in [0.15, 0.2) is 0 Å². The topological polar surface area (TPSA) is 40.5 Å². The number of nitrogens with zero attached hydrogens (tertiary/aromatic N) is 1. The summed E-state index contributed by atoms with van der Waals surface area (Å²) in [7, 11) is 1.66. The molecule has 1 unspecified atom stereocenters. The highest BCUT2D eigenvalue weighted by molar-refractivity contribution is 5.94. The second kappa shape index (κ2) is 5.66. The van der Waals surface area contributed by atoms with Crippen LogP contribution in [0.3, 0.4) is 0 Å². The summed E-state index contributed by atoms with van der Waals surface area (Å²) in [5.74, 6) is -1.22. The molecule has 0 saturated carbocycles. The zero-order valence-corrected chi connectivity index (χ0v) is 10.4. The lowest BCUT2D eigenvalue weighted by molar-refractivity contribution is 0.0732. The number of phenols is 1. The monoisotopic (exact) mass is 239 g/mol. The maximum Gasteiger partial charge on any atom is 0.256 e. The number of benzene rings is 1. The third-order valence-electron chi connectivity index (χ3n) is 2.87. The number of amides is 1. The molecule has 0 heterocycles. The van der Waals surface area contributed by atoms with Crippen molar-refractivity contribution in [2.45, 2.75) is 32.7 Å². The molecule has 94 valence electrons. The number of rotatable bonds is 4. The van der Waals surface area contributed by atoms with E-state index in [-0.39, 0.29) is 23.3 Å². The van der Waals surface area contributed by atoms with E-state index < -0.39 is 5.82 Å². The quantitative estimate of drug-likeness (QED) is 0.877. The first-order valence-electron chi connectivity index (χ1n) is 5.73. The number of halogens is 1. The minimum absolute atomic E-state index is 0.00625. The molecule has 17 heavy (non-hydrogen) atoms. The molecule has 0 bridgehead atoms. The van der Waals surface area contributed by atoms with Gasteiger partial charge in [-0.05, 0) is 25.5 Å². The Balaban J connectivity index is 2.88. The summed E-state index contributed by atoms with van der Waals surface area (Å²) in [6, 6.07) is 3.64. The molecule has 1 amide bonds. The van der Waals surface area contributed by atoms with Crippen LogP contribution in [0.2, 0.25) is 0 Å². The molecule has 1 atom stereocenters. The molecule has 0 fully saturated rings. The van der Waals surface area contributed by atoms with E-state index in [1.165, 1.54) is 17.0 Å². The smallest absolute Gasteiger partial charge is 0.256 e. The van der Waals surface area contributed by atoms with Gasteiger partial charge in [0.2, 0.25) is 0 Å². The van der Waals surface area contributed by atoms with E-state index in [9.17, 15) is 9.18 Å². The maximum absolute atomic E-state index is 13.5. The number of hydrogen-bond donors (Lipinski definition) is 1. The van der Waals surface area contributed by atoms with Crippen molar-refractivity contribution in [2.24, 2.45) is 0 Å². The largest absolute Gasteiger partial charge is 0.508 e.